The summed E-state index contributed by atoms with van der Waals surface area (Å²) in [6.07, 6.45) is 1.17. The molecule has 0 atom stereocenters. The molecule has 0 aliphatic carbocycles. The summed E-state index contributed by atoms with van der Waals surface area (Å²) in [5.74, 6) is 0.403. The third-order valence-electron chi connectivity index (χ3n) is 4.73. The zero-order valence-corrected chi connectivity index (χ0v) is 18.2. The minimum atomic E-state index is -3.85. The Balaban J connectivity index is 1.86. The lowest BCUT2D eigenvalue weighted by atomic mass is 10.0. The number of hydrogen-bond acceptors (Lipinski definition) is 5. The molecule has 0 spiro atoms. The number of hydrogen-bond donors (Lipinski definition) is 1. The van der Waals surface area contributed by atoms with Gasteiger partial charge in [0.15, 0.2) is 0 Å². The van der Waals surface area contributed by atoms with Crippen LogP contribution in [0.5, 0.6) is 5.75 Å². The predicted octanol–water partition coefficient (Wildman–Crippen LogP) is 2.98. The molecule has 2 aromatic carbocycles. The molecule has 1 heterocycles. The number of rotatable bonds is 8. The van der Waals surface area contributed by atoms with E-state index in [2.05, 4.69) is 4.72 Å². The number of para-hydroxylation sites is 1. The highest BCUT2D eigenvalue weighted by atomic mass is 32.2. The SMILES string of the molecule is CCCS(=O)(=O)N1CCc2ccc(NS(=O)(=O)c3ccccc3OCC)cc2C1. The first-order chi connectivity index (χ1) is 13.8. The number of nitrogens with zero attached hydrogens (tertiary/aromatic N) is 1. The van der Waals surface area contributed by atoms with Crippen molar-refractivity contribution in [2.45, 2.75) is 38.1 Å². The summed E-state index contributed by atoms with van der Waals surface area (Å²) in [4.78, 5) is 0.0618. The Bertz CT molecular complexity index is 1080. The molecule has 29 heavy (non-hydrogen) atoms. The van der Waals surface area contributed by atoms with Crippen molar-refractivity contribution in [3.63, 3.8) is 0 Å². The van der Waals surface area contributed by atoms with Crippen LogP contribution in [0.1, 0.15) is 31.4 Å². The lowest BCUT2D eigenvalue weighted by Crippen LogP contribution is -2.37. The van der Waals surface area contributed by atoms with Crippen LogP contribution in [-0.2, 0) is 33.0 Å². The molecular weight excluding hydrogens is 412 g/mol. The maximum Gasteiger partial charge on any atom is 0.265 e. The molecule has 7 nitrogen and oxygen atoms in total. The highest BCUT2D eigenvalue weighted by Gasteiger charge is 2.26. The molecule has 2 aromatic rings. The number of nitrogens with one attached hydrogen (secondary N) is 1. The van der Waals surface area contributed by atoms with E-state index >= 15 is 0 Å². The summed E-state index contributed by atoms with van der Waals surface area (Å²) >= 11 is 0. The van der Waals surface area contributed by atoms with Gasteiger partial charge in [0, 0.05) is 18.8 Å². The molecule has 158 valence electrons. The normalized spacial score (nSPS) is 15.0. The largest absolute Gasteiger partial charge is 0.492 e. The molecule has 0 fully saturated rings. The van der Waals surface area contributed by atoms with Gasteiger partial charge in [0.05, 0.1) is 12.4 Å². The van der Waals surface area contributed by atoms with Gasteiger partial charge in [-0.25, -0.2) is 16.8 Å². The van der Waals surface area contributed by atoms with Crippen LogP contribution >= 0.6 is 0 Å². The van der Waals surface area contributed by atoms with E-state index in [1.165, 1.54) is 10.4 Å². The van der Waals surface area contributed by atoms with E-state index in [0.717, 1.165) is 11.1 Å². The lowest BCUT2D eigenvalue weighted by Gasteiger charge is -2.28. The molecule has 0 bridgehead atoms. The molecular formula is C20H26N2O5S2. The van der Waals surface area contributed by atoms with Gasteiger partial charge in [-0.05, 0) is 55.2 Å². The lowest BCUT2D eigenvalue weighted by molar-refractivity contribution is 0.331. The fourth-order valence-electron chi connectivity index (χ4n) is 3.38. The maximum atomic E-state index is 12.9. The zero-order chi connectivity index (χ0) is 21.1. The third-order valence-corrected chi connectivity index (χ3v) is 8.17. The van der Waals surface area contributed by atoms with Gasteiger partial charge in [-0.3, -0.25) is 4.72 Å². The van der Waals surface area contributed by atoms with E-state index in [4.69, 9.17) is 4.74 Å². The van der Waals surface area contributed by atoms with Crippen LogP contribution in [0.15, 0.2) is 47.4 Å². The van der Waals surface area contributed by atoms with E-state index < -0.39 is 20.0 Å². The van der Waals surface area contributed by atoms with Crippen LogP contribution in [0.3, 0.4) is 0 Å². The molecule has 0 aromatic heterocycles. The minimum Gasteiger partial charge on any atom is -0.492 e. The van der Waals surface area contributed by atoms with Crippen LogP contribution in [0.4, 0.5) is 5.69 Å². The minimum absolute atomic E-state index is 0.0618. The summed E-state index contributed by atoms with van der Waals surface area (Å²) in [6, 6.07) is 11.7. The van der Waals surface area contributed by atoms with Crippen LogP contribution in [0.2, 0.25) is 0 Å². The van der Waals surface area contributed by atoms with Crippen LogP contribution in [0.25, 0.3) is 0 Å². The van der Waals surface area contributed by atoms with E-state index in [9.17, 15) is 16.8 Å². The van der Waals surface area contributed by atoms with Crippen LogP contribution in [-0.4, -0.2) is 40.0 Å². The second kappa shape index (κ2) is 8.73. The monoisotopic (exact) mass is 438 g/mol. The standard InChI is InChI=1S/C20H26N2O5S2/c1-3-13-28(23,24)22-12-11-16-9-10-18(14-17(16)15-22)21-29(25,26)20-8-6-5-7-19(20)27-4-2/h5-10,14,21H,3-4,11-13,15H2,1-2H3. The highest BCUT2D eigenvalue weighted by molar-refractivity contribution is 7.92. The molecule has 1 N–H and O–H groups in total. The van der Waals surface area contributed by atoms with Crippen molar-refractivity contribution in [3.05, 3.63) is 53.6 Å². The molecule has 0 amide bonds. The number of ether oxygens (including phenoxy) is 1. The second-order valence-corrected chi connectivity index (χ2v) is 10.6. The average molecular weight is 439 g/mol. The summed E-state index contributed by atoms with van der Waals surface area (Å²) < 4.78 is 60.0. The topological polar surface area (TPSA) is 92.8 Å². The van der Waals surface area contributed by atoms with Gasteiger partial charge in [-0.15, -0.1) is 0 Å². The fourth-order valence-corrected chi connectivity index (χ4v) is 6.05. The van der Waals surface area contributed by atoms with Crippen molar-refractivity contribution in [2.75, 3.05) is 23.6 Å². The zero-order valence-electron chi connectivity index (χ0n) is 16.6. The molecule has 1 aliphatic heterocycles. The Morgan fingerprint density at radius 2 is 1.79 bits per heavy atom. The summed E-state index contributed by atoms with van der Waals surface area (Å²) in [6.45, 7) is 4.68. The van der Waals surface area contributed by atoms with Gasteiger partial charge >= 0.3 is 0 Å². The first-order valence-corrected chi connectivity index (χ1v) is 12.7. The number of sulfonamides is 2. The fraction of sp³-hybridized carbons (Fsp3) is 0.400. The Kier molecular flexibility index (Phi) is 6.50. The second-order valence-electron chi connectivity index (χ2n) is 6.87. The van der Waals surface area contributed by atoms with E-state index in [0.29, 0.717) is 31.7 Å². The Labute approximate surface area is 172 Å². The predicted molar refractivity (Wildman–Crippen MR) is 113 cm³/mol. The van der Waals surface area contributed by atoms with Crippen LogP contribution in [0, 0.1) is 0 Å². The van der Waals surface area contributed by atoms with Gasteiger partial charge in [-0.2, -0.15) is 4.31 Å². The summed E-state index contributed by atoms with van der Waals surface area (Å²) in [5, 5.41) is 0. The Morgan fingerprint density at radius 3 is 2.52 bits per heavy atom. The van der Waals surface area contributed by atoms with Crippen molar-refractivity contribution in [2.24, 2.45) is 0 Å². The quantitative estimate of drug-likeness (QED) is 0.684. The van der Waals surface area contributed by atoms with Crippen molar-refractivity contribution in [3.8, 4) is 5.75 Å². The molecule has 0 unspecified atom stereocenters. The van der Waals surface area contributed by atoms with E-state index in [1.54, 1.807) is 37.3 Å². The summed E-state index contributed by atoms with van der Waals surface area (Å²) in [5.41, 5.74) is 2.24. The molecule has 3 rings (SSSR count). The Hall–Kier alpha value is -2.10. The smallest absolute Gasteiger partial charge is 0.265 e. The first-order valence-electron chi connectivity index (χ1n) is 9.61. The average Bonchev–Trinajstić information content (AvgIpc) is 2.67. The molecule has 0 saturated heterocycles. The van der Waals surface area contributed by atoms with Gasteiger partial charge in [-0.1, -0.05) is 25.1 Å². The van der Waals surface area contributed by atoms with Gasteiger partial charge in [0.25, 0.3) is 10.0 Å². The first kappa shape index (κ1) is 21.6. The molecule has 1 aliphatic rings. The Morgan fingerprint density at radius 1 is 1.03 bits per heavy atom. The van der Waals surface area contributed by atoms with Gasteiger partial charge < -0.3 is 4.74 Å². The van der Waals surface area contributed by atoms with Gasteiger partial charge in [0.1, 0.15) is 10.6 Å². The highest BCUT2D eigenvalue weighted by Crippen LogP contribution is 2.28. The van der Waals surface area contributed by atoms with Crippen molar-refractivity contribution >= 4 is 25.7 Å². The summed E-state index contributed by atoms with van der Waals surface area (Å²) in [7, 11) is -7.15. The molecule has 9 heteroatoms. The molecule has 0 saturated carbocycles. The molecule has 0 radical (unpaired) electrons. The number of fused-ring (bicyclic) bond motifs is 1. The number of anilines is 1. The maximum absolute atomic E-state index is 12.9. The van der Waals surface area contributed by atoms with Crippen molar-refractivity contribution in [1.29, 1.82) is 0 Å². The van der Waals surface area contributed by atoms with Crippen molar-refractivity contribution in [1.82, 2.24) is 4.31 Å². The van der Waals surface area contributed by atoms with Crippen molar-refractivity contribution < 1.29 is 21.6 Å². The van der Waals surface area contributed by atoms with E-state index in [-0.39, 0.29) is 22.9 Å². The van der Waals surface area contributed by atoms with Crippen LogP contribution < -0.4 is 9.46 Å². The third kappa shape index (κ3) is 4.91. The number of benzene rings is 2. The van der Waals surface area contributed by atoms with Gasteiger partial charge in [0.2, 0.25) is 10.0 Å². The van der Waals surface area contributed by atoms with E-state index in [1.807, 2.05) is 13.0 Å².